The molecule has 0 aromatic rings. The molecule has 1 rings (SSSR count). The average Bonchev–Trinajstić information content (AvgIpc) is 2.60. The molecule has 0 radical (unpaired) electrons. The Balaban J connectivity index is 1.87. The van der Waals surface area contributed by atoms with Crippen LogP contribution in [0.25, 0.3) is 0 Å². The predicted octanol–water partition coefficient (Wildman–Crippen LogP) is 2.09. The molecule has 0 aromatic heterocycles. The second-order valence-corrected chi connectivity index (χ2v) is 9.92. The number of hydrogen-bond donors (Lipinski definition) is 0. The van der Waals surface area contributed by atoms with Crippen LogP contribution in [-0.4, -0.2) is 27.6 Å². The van der Waals surface area contributed by atoms with Gasteiger partial charge in [-0.2, -0.15) is 0 Å². The van der Waals surface area contributed by atoms with Gasteiger partial charge >= 0.3 is 0 Å². The highest BCUT2D eigenvalue weighted by molar-refractivity contribution is 6.76. The lowest BCUT2D eigenvalue weighted by Crippen LogP contribution is -2.19. The molecule has 0 aliphatic carbocycles. The molecule has 0 spiro atoms. The molecule has 0 aromatic carbocycles. The minimum atomic E-state index is -0.830. The fourth-order valence-corrected chi connectivity index (χ4v) is 2.16. The first-order chi connectivity index (χ1) is 5.08. The lowest BCUT2D eigenvalue weighted by Gasteiger charge is -2.14. The smallest absolute Gasteiger partial charge is 0.181 e. The van der Waals surface area contributed by atoms with Crippen LogP contribution in [0.3, 0.4) is 0 Å². The summed E-state index contributed by atoms with van der Waals surface area (Å²) in [5.74, 6) is 0. The molecule has 1 unspecified atom stereocenters. The molecule has 1 saturated heterocycles. The Kier molecular flexibility index (Phi) is 3.10. The van der Waals surface area contributed by atoms with Crippen molar-refractivity contribution in [1.29, 1.82) is 0 Å². The van der Waals surface area contributed by atoms with Crippen LogP contribution in [0, 0.1) is 0 Å². The molecule has 0 amide bonds. The van der Waals surface area contributed by atoms with E-state index < -0.39 is 8.07 Å². The Morgan fingerprint density at radius 2 is 2.09 bits per heavy atom. The molecule has 0 bridgehead atoms. The number of ether oxygens (including phenoxy) is 2. The summed E-state index contributed by atoms with van der Waals surface area (Å²) in [6.45, 7) is 8.86. The van der Waals surface area contributed by atoms with Crippen molar-refractivity contribution < 1.29 is 9.47 Å². The van der Waals surface area contributed by atoms with Crippen LogP contribution in [0.5, 0.6) is 0 Å². The summed E-state index contributed by atoms with van der Waals surface area (Å²) in [5.41, 5.74) is 0. The Morgan fingerprint density at radius 3 is 2.55 bits per heavy atom. The SMILES string of the molecule is C[Si](C)(C)CCCOC1CO1. The summed E-state index contributed by atoms with van der Waals surface area (Å²) >= 11 is 0. The number of hydrogen-bond acceptors (Lipinski definition) is 2. The lowest BCUT2D eigenvalue weighted by molar-refractivity contribution is 0.0506. The lowest BCUT2D eigenvalue weighted by atomic mass is 10.5. The quantitative estimate of drug-likeness (QED) is 0.362. The van der Waals surface area contributed by atoms with E-state index in [2.05, 4.69) is 19.6 Å². The van der Waals surface area contributed by atoms with Crippen molar-refractivity contribution in [2.45, 2.75) is 38.4 Å². The molecule has 1 heterocycles. The van der Waals surface area contributed by atoms with Gasteiger partial charge in [-0.05, 0) is 6.42 Å². The standard InChI is InChI=1S/C8H18O2Si/c1-11(2,3)6-4-5-9-8-7-10-8/h8H,4-7H2,1-3H3. The first-order valence-corrected chi connectivity index (χ1v) is 8.02. The van der Waals surface area contributed by atoms with Crippen molar-refractivity contribution in [2.24, 2.45) is 0 Å². The van der Waals surface area contributed by atoms with Crippen molar-refractivity contribution in [1.82, 2.24) is 0 Å². The van der Waals surface area contributed by atoms with Gasteiger partial charge in [0.2, 0.25) is 0 Å². The third kappa shape index (κ3) is 5.41. The minimum Gasteiger partial charge on any atom is -0.350 e. The van der Waals surface area contributed by atoms with E-state index in [4.69, 9.17) is 9.47 Å². The fraction of sp³-hybridized carbons (Fsp3) is 1.00. The van der Waals surface area contributed by atoms with Crippen molar-refractivity contribution in [2.75, 3.05) is 13.2 Å². The van der Waals surface area contributed by atoms with Crippen LogP contribution in [0.4, 0.5) is 0 Å². The maximum Gasteiger partial charge on any atom is 0.181 e. The third-order valence-corrected chi connectivity index (χ3v) is 3.53. The summed E-state index contributed by atoms with van der Waals surface area (Å²) in [4.78, 5) is 0. The van der Waals surface area contributed by atoms with Crippen LogP contribution < -0.4 is 0 Å². The van der Waals surface area contributed by atoms with Gasteiger partial charge in [0.05, 0.1) is 0 Å². The van der Waals surface area contributed by atoms with E-state index in [9.17, 15) is 0 Å². The molecule has 0 N–H and O–H groups in total. The molecule has 0 saturated carbocycles. The molecule has 1 aliphatic heterocycles. The highest BCUT2D eigenvalue weighted by atomic mass is 28.3. The van der Waals surface area contributed by atoms with Crippen LogP contribution in [0.2, 0.25) is 25.7 Å². The second kappa shape index (κ2) is 3.69. The normalized spacial score (nSPS) is 23.7. The zero-order chi connectivity index (χ0) is 8.32. The molecular formula is C8H18O2Si. The van der Waals surface area contributed by atoms with Gasteiger partial charge < -0.3 is 9.47 Å². The average molecular weight is 174 g/mol. The summed E-state index contributed by atoms with van der Waals surface area (Å²) < 4.78 is 10.3. The zero-order valence-electron chi connectivity index (χ0n) is 7.72. The van der Waals surface area contributed by atoms with Gasteiger partial charge in [0.1, 0.15) is 6.61 Å². The molecular weight excluding hydrogens is 156 g/mol. The zero-order valence-corrected chi connectivity index (χ0v) is 8.72. The second-order valence-electron chi connectivity index (χ2n) is 4.30. The first-order valence-electron chi connectivity index (χ1n) is 4.31. The van der Waals surface area contributed by atoms with E-state index in [0.29, 0.717) is 0 Å². The number of epoxide rings is 1. The van der Waals surface area contributed by atoms with E-state index >= 15 is 0 Å². The molecule has 66 valence electrons. The maximum absolute atomic E-state index is 5.35. The van der Waals surface area contributed by atoms with E-state index in [-0.39, 0.29) is 6.29 Å². The topological polar surface area (TPSA) is 21.8 Å². The number of rotatable bonds is 5. The van der Waals surface area contributed by atoms with Gasteiger partial charge in [-0.1, -0.05) is 25.7 Å². The Labute approximate surface area is 69.9 Å². The van der Waals surface area contributed by atoms with Crippen molar-refractivity contribution >= 4 is 8.07 Å². The highest BCUT2D eigenvalue weighted by Gasteiger charge is 2.22. The van der Waals surface area contributed by atoms with Gasteiger partial charge in [0, 0.05) is 14.7 Å². The van der Waals surface area contributed by atoms with Crippen molar-refractivity contribution in [3.8, 4) is 0 Å². The largest absolute Gasteiger partial charge is 0.350 e. The van der Waals surface area contributed by atoms with Gasteiger partial charge in [0.25, 0.3) is 0 Å². The van der Waals surface area contributed by atoms with E-state index in [1.165, 1.54) is 12.5 Å². The van der Waals surface area contributed by atoms with Gasteiger partial charge in [0.15, 0.2) is 6.29 Å². The Bertz CT molecular complexity index is 116. The predicted molar refractivity (Wildman–Crippen MR) is 48.5 cm³/mol. The van der Waals surface area contributed by atoms with Crippen LogP contribution in [0.1, 0.15) is 6.42 Å². The third-order valence-electron chi connectivity index (χ3n) is 1.68. The first kappa shape index (κ1) is 9.23. The van der Waals surface area contributed by atoms with Crippen molar-refractivity contribution in [3.05, 3.63) is 0 Å². The van der Waals surface area contributed by atoms with Crippen LogP contribution in [0.15, 0.2) is 0 Å². The van der Waals surface area contributed by atoms with Gasteiger partial charge in [-0.15, -0.1) is 0 Å². The van der Waals surface area contributed by atoms with Crippen molar-refractivity contribution in [3.63, 3.8) is 0 Å². The molecule has 1 aliphatic rings. The van der Waals surface area contributed by atoms with Crippen LogP contribution in [-0.2, 0) is 9.47 Å². The van der Waals surface area contributed by atoms with E-state index in [1.54, 1.807) is 0 Å². The summed E-state index contributed by atoms with van der Waals surface area (Å²) in [6, 6.07) is 1.36. The molecule has 1 atom stereocenters. The Morgan fingerprint density at radius 1 is 1.45 bits per heavy atom. The Hall–Kier alpha value is 0.137. The molecule has 1 fully saturated rings. The molecule has 11 heavy (non-hydrogen) atoms. The molecule has 3 heteroatoms. The summed E-state index contributed by atoms with van der Waals surface area (Å²) in [7, 11) is -0.830. The van der Waals surface area contributed by atoms with Gasteiger partial charge in [-0.25, -0.2) is 0 Å². The van der Waals surface area contributed by atoms with E-state index in [0.717, 1.165) is 13.2 Å². The monoisotopic (exact) mass is 174 g/mol. The minimum absolute atomic E-state index is 0.150. The summed E-state index contributed by atoms with van der Waals surface area (Å²) in [5, 5.41) is 0. The fourth-order valence-electron chi connectivity index (χ4n) is 0.953. The maximum atomic E-state index is 5.35. The molecule has 2 nitrogen and oxygen atoms in total. The van der Waals surface area contributed by atoms with Gasteiger partial charge in [-0.3, -0.25) is 0 Å². The van der Waals surface area contributed by atoms with E-state index in [1.807, 2.05) is 0 Å². The van der Waals surface area contributed by atoms with Crippen LogP contribution >= 0.6 is 0 Å². The summed E-state index contributed by atoms with van der Waals surface area (Å²) in [6.07, 6.45) is 1.35. The highest BCUT2D eigenvalue weighted by Crippen LogP contribution is 2.14.